The van der Waals surface area contributed by atoms with Crippen LogP contribution in [0.2, 0.25) is 0 Å². The summed E-state index contributed by atoms with van der Waals surface area (Å²) in [5.41, 5.74) is 0.532. The normalized spacial score (nSPS) is 16.6. The number of hydrogen-bond donors (Lipinski definition) is 2. The number of methoxy groups -OCH3 is 1. The zero-order chi connectivity index (χ0) is 22.7. The maximum Gasteiger partial charge on any atom is 0.415 e. The number of urea groups is 1. The van der Waals surface area contributed by atoms with Crippen molar-refractivity contribution in [3.8, 4) is 17.5 Å². The zero-order valence-electron chi connectivity index (χ0n) is 17.4. The van der Waals surface area contributed by atoms with Crippen LogP contribution in [0.5, 0.6) is 17.5 Å². The van der Waals surface area contributed by atoms with Crippen molar-refractivity contribution in [2.45, 2.75) is 19.1 Å². The summed E-state index contributed by atoms with van der Waals surface area (Å²) in [6, 6.07) is 13.7. The molecule has 0 spiro atoms. The van der Waals surface area contributed by atoms with E-state index in [0.717, 1.165) is 0 Å². The molecule has 2 aromatic carbocycles. The van der Waals surface area contributed by atoms with Crippen molar-refractivity contribution in [3.63, 3.8) is 0 Å². The molecule has 0 radical (unpaired) electrons. The van der Waals surface area contributed by atoms with Gasteiger partial charge in [-0.2, -0.15) is 0 Å². The molecule has 0 saturated heterocycles. The fraction of sp³-hybridized carbons (Fsp3) is 0.238. The summed E-state index contributed by atoms with van der Waals surface area (Å²) in [6.07, 6.45) is 1.35. The zero-order valence-corrected chi connectivity index (χ0v) is 17.4. The van der Waals surface area contributed by atoms with Crippen LogP contribution in [0.4, 0.5) is 22.0 Å². The first-order valence-corrected chi connectivity index (χ1v) is 9.69. The van der Waals surface area contributed by atoms with Gasteiger partial charge in [-0.25, -0.2) is 4.79 Å². The molecule has 4 rings (SSSR count). The van der Waals surface area contributed by atoms with Crippen LogP contribution in [-0.4, -0.2) is 39.8 Å². The third-order valence-electron chi connectivity index (χ3n) is 4.76. The molecule has 11 heteroatoms. The first-order chi connectivity index (χ1) is 15.3. The van der Waals surface area contributed by atoms with Crippen molar-refractivity contribution in [2.24, 2.45) is 0 Å². The summed E-state index contributed by atoms with van der Waals surface area (Å²) < 4.78 is 18.2. The summed E-state index contributed by atoms with van der Waals surface area (Å²) in [5, 5.41) is 16.3. The number of nitrogens with zero attached hydrogens (tertiary/aromatic N) is 3. The maximum absolute atomic E-state index is 12.2. The lowest BCUT2D eigenvalue weighted by Gasteiger charge is -2.22. The van der Waals surface area contributed by atoms with Gasteiger partial charge in [0.1, 0.15) is 24.3 Å². The second kappa shape index (κ2) is 8.46. The Hall–Kier alpha value is -4.28. The number of carbonyl (C=O) groups is 1. The number of rotatable bonds is 7. The fourth-order valence-electron chi connectivity index (χ4n) is 3.19. The van der Waals surface area contributed by atoms with Crippen LogP contribution in [-0.2, 0) is 6.54 Å². The van der Waals surface area contributed by atoms with Crippen LogP contribution in [0.1, 0.15) is 6.92 Å². The van der Waals surface area contributed by atoms with E-state index in [1.807, 2.05) is 6.92 Å². The van der Waals surface area contributed by atoms with E-state index in [1.54, 1.807) is 60.2 Å². The van der Waals surface area contributed by atoms with E-state index in [-0.39, 0.29) is 24.5 Å². The van der Waals surface area contributed by atoms with Gasteiger partial charge in [-0.3, -0.25) is 4.57 Å². The van der Waals surface area contributed by atoms with Gasteiger partial charge >= 0.3 is 17.9 Å². The Labute approximate surface area is 183 Å². The number of nitro groups is 1. The second-order valence-corrected chi connectivity index (χ2v) is 7.44. The summed E-state index contributed by atoms with van der Waals surface area (Å²) in [4.78, 5) is 26.3. The average molecular weight is 439 g/mol. The Morgan fingerprint density at radius 2 is 1.75 bits per heavy atom. The van der Waals surface area contributed by atoms with Crippen molar-refractivity contribution in [1.29, 1.82) is 0 Å². The Balaban J connectivity index is 1.27. The summed E-state index contributed by atoms with van der Waals surface area (Å²) in [7, 11) is 1.58. The highest BCUT2D eigenvalue weighted by Crippen LogP contribution is 2.31. The fourth-order valence-corrected chi connectivity index (χ4v) is 3.19. The Bertz CT molecular complexity index is 1100. The first kappa shape index (κ1) is 21.0. The van der Waals surface area contributed by atoms with Gasteiger partial charge in [0.25, 0.3) is 0 Å². The topological polar surface area (TPSA) is 130 Å². The Kier molecular flexibility index (Phi) is 5.54. The molecular weight excluding hydrogens is 418 g/mol. The third-order valence-corrected chi connectivity index (χ3v) is 4.76. The van der Waals surface area contributed by atoms with Gasteiger partial charge in [-0.05, 0) is 60.4 Å². The average Bonchev–Trinajstić information content (AvgIpc) is 3.29. The van der Waals surface area contributed by atoms with Gasteiger partial charge in [0, 0.05) is 16.4 Å². The van der Waals surface area contributed by atoms with E-state index < -0.39 is 10.5 Å². The van der Waals surface area contributed by atoms with E-state index in [1.165, 1.54) is 6.20 Å². The van der Waals surface area contributed by atoms with Gasteiger partial charge in [0.15, 0.2) is 5.60 Å². The van der Waals surface area contributed by atoms with Crippen molar-refractivity contribution >= 4 is 23.2 Å². The largest absolute Gasteiger partial charge is 0.497 e. The lowest BCUT2D eigenvalue weighted by Crippen LogP contribution is -2.38. The number of benzene rings is 2. The smallest absolute Gasteiger partial charge is 0.415 e. The molecule has 1 aliphatic rings. The molecule has 32 heavy (non-hydrogen) atoms. The molecular formula is C21H21N5O6. The standard InChI is InChI=1S/C21H21N5O6/c1-21(12-25-11-18(26(28)29)24-20(25)32-21)13-31-17-9-5-15(6-10-17)23-19(27)22-14-3-7-16(30-2)8-4-14/h3-11H,12-13H2,1-2H3,(H2,22,23,27)/t21-/m1/s1. The highest BCUT2D eigenvalue weighted by Gasteiger charge is 2.41. The molecule has 0 bridgehead atoms. The predicted molar refractivity (Wildman–Crippen MR) is 115 cm³/mol. The quantitative estimate of drug-likeness (QED) is 0.424. The molecule has 1 aromatic heterocycles. The van der Waals surface area contributed by atoms with Crippen molar-refractivity contribution in [2.75, 3.05) is 24.4 Å². The lowest BCUT2D eigenvalue weighted by molar-refractivity contribution is -0.389. The molecule has 0 saturated carbocycles. The van der Waals surface area contributed by atoms with E-state index >= 15 is 0 Å². The highest BCUT2D eigenvalue weighted by atomic mass is 16.6. The van der Waals surface area contributed by atoms with Gasteiger partial charge in [0.2, 0.25) is 0 Å². The summed E-state index contributed by atoms with van der Waals surface area (Å²) >= 11 is 0. The lowest BCUT2D eigenvalue weighted by atomic mass is 10.1. The van der Waals surface area contributed by atoms with Gasteiger partial charge in [-0.1, -0.05) is 0 Å². The van der Waals surface area contributed by atoms with Gasteiger partial charge in [0.05, 0.1) is 13.7 Å². The molecule has 0 unspecified atom stereocenters. The molecule has 2 heterocycles. The maximum atomic E-state index is 12.2. The van der Waals surface area contributed by atoms with Crippen LogP contribution < -0.4 is 24.8 Å². The van der Waals surface area contributed by atoms with E-state index in [0.29, 0.717) is 29.4 Å². The van der Waals surface area contributed by atoms with E-state index in [2.05, 4.69) is 15.6 Å². The van der Waals surface area contributed by atoms with Crippen LogP contribution in [0, 0.1) is 10.1 Å². The van der Waals surface area contributed by atoms with Crippen molar-refractivity contribution in [3.05, 3.63) is 64.8 Å². The van der Waals surface area contributed by atoms with Crippen molar-refractivity contribution < 1.29 is 23.9 Å². The minimum atomic E-state index is -0.702. The molecule has 1 aliphatic heterocycles. The predicted octanol–water partition coefficient (Wildman–Crippen LogP) is 3.67. The second-order valence-electron chi connectivity index (χ2n) is 7.44. The molecule has 0 fully saturated rings. The molecule has 2 amide bonds. The Morgan fingerprint density at radius 3 is 2.28 bits per heavy atom. The number of imidazole rings is 1. The molecule has 11 nitrogen and oxygen atoms in total. The summed E-state index contributed by atoms with van der Waals surface area (Å²) in [5.74, 6) is 1.04. The number of nitrogens with one attached hydrogen (secondary N) is 2. The monoisotopic (exact) mass is 439 g/mol. The van der Waals surface area contributed by atoms with Gasteiger partial charge in [-0.15, -0.1) is 0 Å². The number of ether oxygens (including phenoxy) is 3. The van der Waals surface area contributed by atoms with Crippen LogP contribution in [0.25, 0.3) is 0 Å². The number of carbonyl (C=O) groups excluding carboxylic acids is 1. The van der Waals surface area contributed by atoms with Gasteiger partial charge < -0.3 is 35.0 Å². The SMILES string of the molecule is COc1ccc(NC(=O)Nc2ccc(OC[C@@]3(C)Cn4cc([N+](=O)[O-])nc4O3)cc2)cc1. The highest BCUT2D eigenvalue weighted by molar-refractivity contribution is 5.99. The van der Waals surface area contributed by atoms with Crippen LogP contribution >= 0.6 is 0 Å². The number of aromatic nitrogens is 2. The number of anilines is 2. The molecule has 0 aliphatic carbocycles. The van der Waals surface area contributed by atoms with Crippen LogP contribution in [0.3, 0.4) is 0 Å². The first-order valence-electron chi connectivity index (χ1n) is 9.69. The minimum absolute atomic E-state index is 0.199. The molecule has 3 aromatic rings. The minimum Gasteiger partial charge on any atom is -0.497 e. The van der Waals surface area contributed by atoms with Crippen molar-refractivity contribution in [1.82, 2.24) is 9.55 Å². The molecule has 1 atom stereocenters. The number of hydrogen-bond acceptors (Lipinski definition) is 7. The third kappa shape index (κ3) is 4.72. The van der Waals surface area contributed by atoms with E-state index in [4.69, 9.17) is 14.2 Å². The molecule has 166 valence electrons. The van der Waals surface area contributed by atoms with E-state index in [9.17, 15) is 14.9 Å². The number of amides is 2. The van der Waals surface area contributed by atoms with Crippen LogP contribution in [0.15, 0.2) is 54.7 Å². The Morgan fingerprint density at radius 1 is 1.16 bits per heavy atom. The molecule has 2 N–H and O–H groups in total. The number of fused-ring (bicyclic) bond motifs is 1. The summed E-state index contributed by atoms with van der Waals surface area (Å²) in [6.45, 7) is 2.44.